The minimum Gasteiger partial charge on any atom is -0.335 e. The average Bonchev–Trinajstić information content (AvgIpc) is 2.55. The van der Waals surface area contributed by atoms with Gasteiger partial charge in [0.25, 0.3) is 0 Å². The van der Waals surface area contributed by atoms with E-state index < -0.39 is 45.8 Å². The maximum absolute atomic E-state index is 12.5. The number of rotatable bonds is 8. The quantitative estimate of drug-likeness (QED) is 0.593. The molecule has 0 saturated carbocycles. The Hall–Kier alpha value is -2.02. The zero-order chi connectivity index (χ0) is 22.5. The summed E-state index contributed by atoms with van der Waals surface area (Å²) in [7, 11) is -3.52. The van der Waals surface area contributed by atoms with Crippen molar-refractivity contribution in [3.63, 3.8) is 0 Å². The highest BCUT2D eigenvalue weighted by Crippen LogP contribution is 2.29. The lowest BCUT2D eigenvalue weighted by atomic mass is 10.1. The zero-order valence-corrected chi connectivity index (χ0v) is 16.4. The molecule has 1 aromatic rings. The van der Waals surface area contributed by atoms with Crippen LogP contribution in [0.15, 0.2) is 24.3 Å². The first kappa shape index (κ1) is 25.0. The number of carbonyl (C=O) groups is 1. The van der Waals surface area contributed by atoms with Gasteiger partial charge in [0, 0.05) is 25.3 Å². The van der Waals surface area contributed by atoms with Gasteiger partial charge in [-0.15, -0.1) is 0 Å². The largest absolute Gasteiger partial charge is 0.416 e. The average molecular weight is 449 g/mol. The monoisotopic (exact) mass is 449 g/mol. The van der Waals surface area contributed by atoms with Crippen LogP contribution >= 0.6 is 0 Å². The molecule has 0 aliphatic carbocycles. The minimum absolute atomic E-state index is 0.0461. The first-order valence-electron chi connectivity index (χ1n) is 8.39. The molecular weight excluding hydrogens is 428 g/mol. The Morgan fingerprint density at radius 2 is 1.66 bits per heavy atom. The van der Waals surface area contributed by atoms with Crippen LogP contribution in [0.3, 0.4) is 0 Å². The van der Waals surface area contributed by atoms with Gasteiger partial charge in [0.05, 0.1) is 5.56 Å². The Balaban J connectivity index is 2.59. The number of halogens is 6. The van der Waals surface area contributed by atoms with Gasteiger partial charge >= 0.3 is 18.4 Å². The summed E-state index contributed by atoms with van der Waals surface area (Å²) in [5, 5.41) is 4.84. The van der Waals surface area contributed by atoms with Crippen molar-refractivity contribution >= 4 is 21.7 Å². The Morgan fingerprint density at radius 1 is 1.10 bits per heavy atom. The third-order valence-corrected chi connectivity index (χ3v) is 5.74. The number of hydrogen-bond acceptors (Lipinski definition) is 3. The first-order chi connectivity index (χ1) is 13.1. The second kappa shape index (κ2) is 9.65. The zero-order valence-electron chi connectivity index (χ0n) is 15.6. The Morgan fingerprint density at radius 3 is 2.10 bits per heavy atom. The summed E-state index contributed by atoms with van der Waals surface area (Å²) in [6.07, 6.45) is -8.97. The molecule has 0 heterocycles. The van der Waals surface area contributed by atoms with Gasteiger partial charge in [-0.05, 0) is 37.1 Å². The van der Waals surface area contributed by atoms with E-state index in [1.165, 1.54) is 0 Å². The number of hydrogen-bond donors (Lipinski definition) is 2. The van der Waals surface area contributed by atoms with E-state index in [0.717, 1.165) is 31.3 Å². The van der Waals surface area contributed by atoms with Crippen LogP contribution in [0.2, 0.25) is 0 Å². The number of nitrogens with zero attached hydrogens (tertiary/aromatic N) is 1. The van der Waals surface area contributed by atoms with Gasteiger partial charge < -0.3 is 10.6 Å². The molecule has 0 aliphatic heterocycles. The molecule has 1 atom stereocenters. The molecule has 166 valence electrons. The minimum atomic E-state index is -4.86. The number of carbonyl (C=O) groups excluding carboxylic acids is 1. The molecule has 0 aliphatic rings. The third-order valence-electron chi connectivity index (χ3n) is 3.91. The van der Waals surface area contributed by atoms with Crippen LogP contribution in [0.1, 0.15) is 25.3 Å². The van der Waals surface area contributed by atoms with Crippen molar-refractivity contribution in [1.29, 1.82) is 0 Å². The van der Waals surface area contributed by atoms with Gasteiger partial charge in [-0.1, -0.05) is 6.92 Å². The highest BCUT2D eigenvalue weighted by molar-refractivity contribution is 7.89. The van der Waals surface area contributed by atoms with E-state index in [1.807, 2.05) is 0 Å². The molecular formula is C16H21F6N3O3S. The van der Waals surface area contributed by atoms with Crippen molar-refractivity contribution in [2.45, 2.75) is 38.2 Å². The van der Waals surface area contributed by atoms with E-state index in [9.17, 15) is 39.6 Å². The van der Waals surface area contributed by atoms with E-state index in [2.05, 4.69) is 10.6 Å². The molecule has 2 N–H and O–H groups in total. The highest BCUT2D eigenvalue weighted by atomic mass is 32.2. The first-order valence-corrected chi connectivity index (χ1v) is 10.0. The molecule has 0 fully saturated rings. The van der Waals surface area contributed by atoms with Crippen LogP contribution in [-0.4, -0.2) is 50.3 Å². The van der Waals surface area contributed by atoms with Gasteiger partial charge in [-0.3, -0.25) is 0 Å². The summed E-state index contributed by atoms with van der Waals surface area (Å²) in [5.74, 6) is -1.98. The van der Waals surface area contributed by atoms with Crippen LogP contribution in [0.4, 0.5) is 36.8 Å². The molecule has 29 heavy (non-hydrogen) atoms. The van der Waals surface area contributed by atoms with Crippen LogP contribution in [0.5, 0.6) is 0 Å². The summed E-state index contributed by atoms with van der Waals surface area (Å²) in [6, 6.07) is 2.44. The van der Waals surface area contributed by atoms with Crippen LogP contribution in [-0.2, 0) is 16.2 Å². The smallest absolute Gasteiger partial charge is 0.335 e. The van der Waals surface area contributed by atoms with Crippen molar-refractivity contribution in [3.8, 4) is 0 Å². The van der Waals surface area contributed by atoms with Crippen LogP contribution in [0, 0.1) is 0 Å². The summed E-state index contributed by atoms with van der Waals surface area (Å²) >= 11 is 0. The molecule has 0 aromatic heterocycles. The van der Waals surface area contributed by atoms with Crippen molar-refractivity contribution in [3.05, 3.63) is 29.8 Å². The topological polar surface area (TPSA) is 78.5 Å². The molecule has 0 unspecified atom stereocenters. The number of sulfonamides is 1. The van der Waals surface area contributed by atoms with Gasteiger partial charge in [0.15, 0.2) is 5.75 Å². The third kappa shape index (κ3) is 8.90. The number of anilines is 1. The van der Waals surface area contributed by atoms with Crippen molar-refractivity contribution < 1.29 is 39.6 Å². The van der Waals surface area contributed by atoms with Crippen LogP contribution in [0.25, 0.3) is 0 Å². The maximum atomic E-state index is 12.5. The lowest BCUT2D eigenvalue weighted by Crippen LogP contribution is -2.41. The van der Waals surface area contributed by atoms with Gasteiger partial charge in [0.2, 0.25) is 10.0 Å². The lowest BCUT2D eigenvalue weighted by molar-refractivity contribution is -0.137. The van der Waals surface area contributed by atoms with E-state index in [1.54, 1.807) is 6.92 Å². The molecule has 6 nitrogen and oxygen atoms in total. The fraction of sp³-hybridized carbons (Fsp3) is 0.562. The molecule has 0 radical (unpaired) electrons. The number of amides is 2. The number of alkyl halides is 6. The van der Waals surface area contributed by atoms with Crippen molar-refractivity contribution in [1.82, 2.24) is 9.62 Å². The van der Waals surface area contributed by atoms with Gasteiger partial charge in [0.1, 0.15) is 0 Å². The lowest BCUT2D eigenvalue weighted by Gasteiger charge is -2.22. The molecule has 0 spiro atoms. The predicted octanol–water partition coefficient (Wildman–Crippen LogP) is 3.82. The van der Waals surface area contributed by atoms with Gasteiger partial charge in [-0.2, -0.15) is 26.3 Å². The maximum Gasteiger partial charge on any atom is 0.416 e. The fourth-order valence-corrected chi connectivity index (χ4v) is 3.28. The summed E-state index contributed by atoms with van der Waals surface area (Å²) in [5.41, 5.74) is -0.770. The molecule has 2 amide bonds. The fourth-order valence-electron chi connectivity index (χ4n) is 2.27. The summed E-state index contributed by atoms with van der Waals surface area (Å²) in [4.78, 5) is 12.0. The number of nitrogens with one attached hydrogen (secondary N) is 2. The van der Waals surface area contributed by atoms with E-state index in [-0.39, 0.29) is 18.7 Å². The molecule has 0 saturated heterocycles. The Bertz CT molecular complexity index is 779. The van der Waals surface area contributed by atoms with Crippen molar-refractivity contribution in [2.24, 2.45) is 0 Å². The normalized spacial score (nSPS) is 14.0. The molecule has 1 rings (SSSR count). The second-order valence-corrected chi connectivity index (χ2v) is 8.34. The Kier molecular flexibility index (Phi) is 8.33. The number of urea groups is 1. The molecule has 1 aromatic carbocycles. The number of benzene rings is 1. The Labute approximate surface area is 164 Å². The van der Waals surface area contributed by atoms with E-state index >= 15 is 0 Å². The van der Waals surface area contributed by atoms with Crippen molar-refractivity contribution in [2.75, 3.05) is 24.7 Å². The highest BCUT2D eigenvalue weighted by Gasteiger charge is 2.37. The standard InChI is InChI=1S/C16H21F6N3O3S/c1-3-12(8-9-25(2)29(27,28)10-15(17,18)19)23-14(26)24-13-6-4-11(5-7-13)16(20,21)22/h4-7,12H,3,8-10H2,1-2H3,(H2,23,24,26)/t12-/m0/s1. The van der Waals surface area contributed by atoms with Crippen LogP contribution < -0.4 is 10.6 Å². The second-order valence-electron chi connectivity index (χ2n) is 6.26. The summed E-state index contributed by atoms with van der Waals surface area (Å²) in [6.45, 7) is 1.42. The summed E-state index contributed by atoms with van der Waals surface area (Å²) < 4.78 is 98.3. The van der Waals surface area contributed by atoms with Gasteiger partial charge in [-0.25, -0.2) is 17.5 Å². The predicted molar refractivity (Wildman–Crippen MR) is 94.8 cm³/mol. The van der Waals surface area contributed by atoms with E-state index in [4.69, 9.17) is 0 Å². The molecule has 13 heteroatoms. The SMILES string of the molecule is CC[C@@H](CCN(C)S(=O)(=O)CC(F)(F)F)NC(=O)Nc1ccc(C(F)(F)F)cc1. The van der Waals surface area contributed by atoms with E-state index in [0.29, 0.717) is 10.7 Å². The molecule has 0 bridgehead atoms.